The minimum Gasteiger partial charge on any atom is -0.381 e. The third-order valence-electron chi connectivity index (χ3n) is 5.07. The van der Waals surface area contributed by atoms with Crippen molar-refractivity contribution in [3.63, 3.8) is 0 Å². The number of nitrogens with one attached hydrogen (secondary N) is 2. The second kappa shape index (κ2) is 7.51. The van der Waals surface area contributed by atoms with Gasteiger partial charge in [-0.2, -0.15) is 0 Å². The van der Waals surface area contributed by atoms with Crippen molar-refractivity contribution in [2.45, 2.75) is 31.7 Å². The summed E-state index contributed by atoms with van der Waals surface area (Å²) in [7, 11) is 0. The third-order valence-corrected chi connectivity index (χ3v) is 5.07. The molecule has 0 aliphatic carbocycles. The van der Waals surface area contributed by atoms with E-state index in [0.29, 0.717) is 28.3 Å². The van der Waals surface area contributed by atoms with Crippen LogP contribution in [0.4, 0.5) is 5.82 Å². The Morgan fingerprint density at radius 2 is 2.27 bits per heavy atom. The summed E-state index contributed by atoms with van der Waals surface area (Å²) in [6, 6.07) is 2.05. The SMILES string of the molecule is NC(=O)c1cc(CC2CCOC2)nc2c(N[C@H]3CCCNC3)ncnc12. The minimum atomic E-state index is -0.495. The molecule has 0 saturated carbocycles. The number of aromatic nitrogens is 3. The number of carbonyl (C=O) groups is 1. The van der Waals surface area contributed by atoms with Crippen LogP contribution >= 0.6 is 0 Å². The lowest BCUT2D eigenvalue weighted by Gasteiger charge is -2.24. The number of pyridine rings is 1. The number of nitrogens with zero attached hydrogens (tertiary/aromatic N) is 3. The zero-order valence-corrected chi connectivity index (χ0v) is 14.7. The van der Waals surface area contributed by atoms with Crippen LogP contribution in [0.3, 0.4) is 0 Å². The summed E-state index contributed by atoms with van der Waals surface area (Å²) in [5, 5.41) is 6.84. The highest BCUT2D eigenvalue weighted by Crippen LogP contribution is 2.25. The number of carbonyl (C=O) groups excluding carboxylic acids is 1. The van der Waals surface area contributed by atoms with Gasteiger partial charge >= 0.3 is 0 Å². The van der Waals surface area contributed by atoms with E-state index in [1.807, 2.05) is 0 Å². The number of ether oxygens (including phenoxy) is 1. The monoisotopic (exact) mass is 356 g/mol. The number of nitrogens with two attached hydrogens (primary N) is 1. The molecule has 0 radical (unpaired) electrons. The maximum Gasteiger partial charge on any atom is 0.251 e. The summed E-state index contributed by atoms with van der Waals surface area (Å²) < 4.78 is 5.46. The Hall–Kier alpha value is -2.32. The van der Waals surface area contributed by atoms with E-state index < -0.39 is 5.91 Å². The summed E-state index contributed by atoms with van der Waals surface area (Å²) in [6.45, 7) is 3.44. The van der Waals surface area contributed by atoms with Gasteiger partial charge in [0.2, 0.25) is 0 Å². The molecule has 4 rings (SSSR count). The highest BCUT2D eigenvalue weighted by molar-refractivity contribution is 6.05. The molecule has 0 bridgehead atoms. The molecule has 2 saturated heterocycles. The van der Waals surface area contributed by atoms with Crippen molar-refractivity contribution in [3.05, 3.63) is 23.7 Å². The van der Waals surface area contributed by atoms with Gasteiger partial charge in [-0.1, -0.05) is 0 Å². The van der Waals surface area contributed by atoms with E-state index in [9.17, 15) is 4.79 Å². The van der Waals surface area contributed by atoms with Gasteiger partial charge in [-0.3, -0.25) is 4.79 Å². The van der Waals surface area contributed by atoms with Crippen molar-refractivity contribution in [2.75, 3.05) is 31.6 Å². The first-order chi connectivity index (χ1) is 12.7. The van der Waals surface area contributed by atoms with Gasteiger partial charge in [-0.05, 0) is 44.2 Å². The van der Waals surface area contributed by atoms with E-state index in [0.717, 1.165) is 57.7 Å². The first kappa shape index (κ1) is 17.1. The number of amides is 1. The molecule has 2 fully saturated rings. The van der Waals surface area contributed by atoms with Crippen LogP contribution in [0.1, 0.15) is 35.3 Å². The van der Waals surface area contributed by atoms with E-state index in [-0.39, 0.29) is 6.04 Å². The number of piperidine rings is 1. The topological polar surface area (TPSA) is 115 Å². The third kappa shape index (κ3) is 3.61. The van der Waals surface area contributed by atoms with Crippen molar-refractivity contribution in [1.82, 2.24) is 20.3 Å². The van der Waals surface area contributed by atoms with Crippen LogP contribution in [0.5, 0.6) is 0 Å². The van der Waals surface area contributed by atoms with Crippen molar-refractivity contribution in [1.29, 1.82) is 0 Å². The molecule has 138 valence electrons. The second-order valence-corrected chi connectivity index (χ2v) is 7.07. The first-order valence-corrected chi connectivity index (χ1v) is 9.20. The quantitative estimate of drug-likeness (QED) is 0.728. The summed E-state index contributed by atoms with van der Waals surface area (Å²) in [4.78, 5) is 25.4. The molecule has 4 heterocycles. The van der Waals surface area contributed by atoms with Gasteiger partial charge in [0.05, 0.1) is 5.56 Å². The minimum absolute atomic E-state index is 0.285. The predicted octanol–water partition coefficient (Wildman–Crippen LogP) is 0.867. The fraction of sp³-hybridized carbons (Fsp3) is 0.556. The molecular formula is C18H24N6O2. The maximum atomic E-state index is 12.0. The average Bonchev–Trinajstić information content (AvgIpc) is 3.15. The van der Waals surface area contributed by atoms with Crippen LogP contribution in [0.25, 0.3) is 11.0 Å². The lowest BCUT2D eigenvalue weighted by atomic mass is 10.0. The van der Waals surface area contributed by atoms with Crippen LogP contribution in [0.2, 0.25) is 0 Å². The number of anilines is 1. The van der Waals surface area contributed by atoms with Crippen LogP contribution in [-0.2, 0) is 11.2 Å². The van der Waals surface area contributed by atoms with Crippen molar-refractivity contribution >= 4 is 22.8 Å². The Balaban J connectivity index is 1.71. The van der Waals surface area contributed by atoms with Crippen LogP contribution < -0.4 is 16.4 Å². The largest absolute Gasteiger partial charge is 0.381 e. The molecule has 1 unspecified atom stereocenters. The Kier molecular flexibility index (Phi) is 4.94. The second-order valence-electron chi connectivity index (χ2n) is 7.07. The summed E-state index contributed by atoms with van der Waals surface area (Å²) >= 11 is 0. The van der Waals surface area contributed by atoms with Crippen LogP contribution in [0, 0.1) is 5.92 Å². The predicted molar refractivity (Wildman–Crippen MR) is 98.0 cm³/mol. The van der Waals surface area contributed by atoms with Gasteiger partial charge in [0.15, 0.2) is 5.82 Å². The Morgan fingerprint density at radius 3 is 3.00 bits per heavy atom. The lowest BCUT2D eigenvalue weighted by Crippen LogP contribution is -2.38. The molecule has 0 spiro atoms. The Bertz CT molecular complexity index is 800. The smallest absolute Gasteiger partial charge is 0.251 e. The highest BCUT2D eigenvalue weighted by atomic mass is 16.5. The van der Waals surface area contributed by atoms with Crippen molar-refractivity contribution < 1.29 is 9.53 Å². The van der Waals surface area contributed by atoms with E-state index in [1.54, 1.807) is 6.07 Å². The van der Waals surface area contributed by atoms with Crippen LogP contribution in [-0.4, -0.2) is 53.2 Å². The highest BCUT2D eigenvalue weighted by Gasteiger charge is 2.21. The van der Waals surface area contributed by atoms with Gasteiger partial charge in [-0.15, -0.1) is 0 Å². The van der Waals surface area contributed by atoms with Crippen LogP contribution in [0.15, 0.2) is 12.4 Å². The lowest BCUT2D eigenvalue weighted by molar-refractivity contribution is 0.100. The number of rotatable bonds is 5. The number of fused-ring (bicyclic) bond motifs is 1. The van der Waals surface area contributed by atoms with Gasteiger partial charge in [0.1, 0.15) is 17.4 Å². The van der Waals surface area contributed by atoms with Crippen molar-refractivity contribution in [2.24, 2.45) is 11.7 Å². The van der Waals surface area contributed by atoms with Gasteiger partial charge < -0.3 is 21.1 Å². The standard InChI is InChI=1S/C18H24N6O2/c19-17(25)14-7-13(6-11-3-5-26-9-11)23-16-15(14)21-10-22-18(16)24-12-2-1-4-20-8-12/h7,10-12,20H,1-6,8-9H2,(H2,19,25)(H,21,22,24)/t11?,12-/m0/s1. The van der Waals surface area contributed by atoms with E-state index in [1.165, 1.54) is 6.33 Å². The number of hydrogen-bond acceptors (Lipinski definition) is 7. The fourth-order valence-corrected chi connectivity index (χ4v) is 3.70. The first-order valence-electron chi connectivity index (χ1n) is 9.20. The van der Waals surface area contributed by atoms with Gasteiger partial charge in [0.25, 0.3) is 5.91 Å². The molecular weight excluding hydrogens is 332 g/mol. The Labute approximate surface area is 151 Å². The van der Waals surface area contributed by atoms with E-state index >= 15 is 0 Å². The maximum absolute atomic E-state index is 12.0. The Morgan fingerprint density at radius 1 is 1.35 bits per heavy atom. The summed E-state index contributed by atoms with van der Waals surface area (Å²) in [5.41, 5.74) is 7.96. The number of primary amides is 1. The molecule has 4 N–H and O–H groups in total. The fourth-order valence-electron chi connectivity index (χ4n) is 3.70. The molecule has 2 aliphatic heterocycles. The van der Waals surface area contributed by atoms with Crippen molar-refractivity contribution in [3.8, 4) is 0 Å². The molecule has 2 atom stereocenters. The normalized spacial score (nSPS) is 23.2. The molecule has 1 amide bonds. The summed E-state index contributed by atoms with van der Waals surface area (Å²) in [5.74, 6) is 0.588. The molecule has 8 nitrogen and oxygen atoms in total. The number of hydrogen-bond donors (Lipinski definition) is 3. The molecule has 2 aliphatic rings. The van der Waals surface area contributed by atoms with E-state index in [2.05, 4.69) is 20.6 Å². The van der Waals surface area contributed by atoms with Gasteiger partial charge in [-0.25, -0.2) is 15.0 Å². The zero-order valence-electron chi connectivity index (χ0n) is 14.7. The molecule has 26 heavy (non-hydrogen) atoms. The molecule has 0 aromatic carbocycles. The molecule has 2 aromatic heterocycles. The summed E-state index contributed by atoms with van der Waals surface area (Å²) in [6.07, 6.45) is 5.42. The average molecular weight is 356 g/mol. The molecule has 8 heteroatoms. The zero-order chi connectivity index (χ0) is 17.9. The van der Waals surface area contributed by atoms with E-state index in [4.69, 9.17) is 15.5 Å². The van der Waals surface area contributed by atoms with Gasteiger partial charge in [0, 0.05) is 31.5 Å². The molecule has 2 aromatic rings.